The fourth-order valence-electron chi connectivity index (χ4n) is 2.50. The molecular weight excluding hydrogens is 256 g/mol. The largest absolute Gasteiger partial charge is 0.462 e. The Morgan fingerprint density at radius 1 is 0.950 bits per heavy atom. The third kappa shape index (κ3) is 4.66. The first-order chi connectivity index (χ1) is 9.61. The first-order valence-corrected chi connectivity index (χ1v) is 7.66. The molecule has 4 heteroatoms. The van der Waals surface area contributed by atoms with Gasteiger partial charge in [0.15, 0.2) is 0 Å². The fraction of sp³-hybridized carbons (Fsp3) is 0.750. The van der Waals surface area contributed by atoms with Crippen LogP contribution in [0.3, 0.4) is 0 Å². The van der Waals surface area contributed by atoms with Gasteiger partial charge < -0.3 is 9.47 Å². The van der Waals surface area contributed by atoms with E-state index < -0.39 is 11.9 Å². The summed E-state index contributed by atoms with van der Waals surface area (Å²) in [7, 11) is 0. The lowest BCUT2D eigenvalue weighted by molar-refractivity contribution is -0.147. The molecule has 0 aromatic rings. The van der Waals surface area contributed by atoms with Crippen LogP contribution in [0.2, 0.25) is 0 Å². The zero-order valence-electron chi connectivity index (χ0n) is 12.9. The van der Waals surface area contributed by atoms with Gasteiger partial charge in [0.2, 0.25) is 0 Å². The van der Waals surface area contributed by atoms with E-state index in [4.69, 9.17) is 9.47 Å². The van der Waals surface area contributed by atoms with Crippen LogP contribution in [0.1, 0.15) is 59.3 Å². The predicted molar refractivity (Wildman–Crippen MR) is 77.2 cm³/mol. The molecule has 0 amide bonds. The highest BCUT2D eigenvalue weighted by Gasteiger charge is 2.29. The zero-order chi connectivity index (χ0) is 15.0. The molecule has 20 heavy (non-hydrogen) atoms. The number of ether oxygens (including phenoxy) is 2. The average Bonchev–Trinajstić information content (AvgIpc) is 2.97. The van der Waals surface area contributed by atoms with Crippen molar-refractivity contribution in [3.05, 3.63) is 11.1 Å². The molecule has 0 aromatic carbocycles. The van der Waals surface area contributed by atoms with E-state index in [0.717, 1.165) is 44.1 Å². The van der Waals surface area contributed by atoms with Gasteiger partial charge in [-0.2, -0.15) is 0 Å². The Morgan fingerprint density at radius 2 is 1.40 bits per heavy atom. The first-order valence-electron chi connectivity index (χ1n) is 7.66. The standard InChI is InChI=1S/C16H26O4/c1-4-10-19-15(17)14(16(18)20-11-5-2)12(3)13-8-6-7-9-13/h13H,4-11H2,1-3H3. The Kier molecular flexibility index (Phi) is 7.34. The number of hydrogen-bond acceptors (Lipinski definition) is 4. The van der Waals surface area contributed by atoms with Crippen LogP contribution in [0, 0.1) is 5.92 Å². The van der Waals surface area contributed by atoms with Crippen molar-refractivity contribution in [1.82, 2.24) is 0 Å². The molecule has 0 aliphatic heterocycles. The van der Waals surface area contributed by atoms with Gasteiger partial charge in [-0.15, -0.1) is 0 Å². The second-order valence-electron chi connectivity index (χ2n) is 5.31. The maximum absolute atomic E-state index is 12.1. The third-order valence-corrected chi connectivity index (χ3v) is 3.64. The van der Waals surface area contributed by atoms with Gasteiger partial charge in [-0.05, 0) is 44.1 Å². The molecule has 1 aliphatic carbocycles. The summed E-state index contributed by atoms with van der Waals surface area (Å²) in [5, 5.41) is 0. The van der Waals surface area contributed by atoms with Crippen molar-refractivity contribution in [3.63, 3.8) is 0 Å². The molecule has 0 aromatic heterocycles. The Hall–Kier alpha value is -1.32. The van der Waals surface area contributed by atoms with Crippen LogP contribution in [0.25, 0.3) is 0 Å². The number of carbonyl (C=O) groups is 2. The molecule has 0 atom stereocenters. The third-order valence-electron chi connectivity index (χ3n) is 3.64. The number of carbonyl (C=O) groups excluding carboxylic acids is 2. The summed E-state index contributed by atoms with van der Waals surface area (Å²) in [4.78, 5) is 24.2. The van der Waals surface area contributed by atoms with E-state index in [-0.39, 0.29) is 5.57 Å². The highest BCUT2D eigenvalue weighted by Crippen LogP contribution is 2.33. The van der Waals surface area contributed by atoms with Crippen molar-refractivity contribution in [1.29, 1.82) is 0 Å². The highest BCUT2D eigenvalue weighted by molar-refractivity contribution is 6.14. The Morgan fingerprint density at radius 3 is 1.80 bits per heavy atom. The first kappa shape index (κ1) is 16.7. The maximum Gasteiger partial charge on any atom is 0.345 e. The molecule has 0 spiro atoms. The Labute approximate surface area is 121 Å². The second kappa shape index (κ2) is 8.77. The van der Waals surface area contributed by atoms with Crippen molar-refractivity contribution in [3.8, 4) is 0 Å². The summed E-state index contributed by atoms with van der Waals surface area (Å²) in [5.74, 6) is -0.747. The molecule has 0 saturated heterocycles. The molecule has 0 bridgehead atoms. The van der Waals surface area contributed by atoms with E-state index in [1.54, 1.807) is 0 Å². The lowest BCUT2D eigenvalue weighted by atomic mass is 9.94. The fourth-order valence-corrected chi connectivity index (χ4v) is 2.50. The lowest BCUT2D eigenvalue weighted by Crippen LogP contribution is -2.22. The minimum absolute atomic E-state index is 0.124. The van der Waals surface area contributed by atoms with Gasteiger partial charge in [-0.1, -0.05) is 26.7 Å². The van der Waals surface area contributed by atoms with Crippen LogP contribution in [0.5, 0.6) is 0 Å². The van der Waals surface area contributed by atoms with Crippen LogP contribution in [0.4, 0.5) is 0 Å². The summed E-state index contributed by atoms with van der Waals surface area (Å²) in [6.45, 7) is 6.39. The highest BCUT2D eigenvalue weighted by atomic mass is 16.6. The molecule has 0 N–H and O–H groups in total. The monoisotopic (exact) mass is 282 g/mol. The van der Waals surface area contributed by atoms with Crippen molar-refractivity contribution < 1.29 is 19.1 Å². The number of hydrogen-bond donors (Lipinski definition) is 0. The summed E-state index contributed by atoms with van der Waals surface area (Å²) < 4.78 is 10.3. The van der Waals surface area contributed by atoms with E-state index >= 15 is 0 Å². The van der Waals surface area contributed by atoms with Crippen molar-refractivity contribution in [2.24, 2.45) is 5.92 Å². The second-order valence-corrected chi connectivity index (χ2v) is 5.31. The van der Waals surface area contributed by atoms with Crippen LogP contribution in [-0.4, -0.2) is 25.2 Å². The molecule has 1 aliphatic rings. The molecule has 1 saturated carbocycles. The SMILES string of the molecule is CCCOC(=O)C(C(=O)OCCC)=C(C)C1CCCC1. The van der Waals surface area contributed by atoms with E-state index in [1.165, 1.54) is 0 Å². The minimum Gasteiger partial charge on any atom is -0.462 e. The zero-order valence-corrected chi connectivity index (χ0v) is 12.9. The molecule has 1 rings (SSSR count). The molecule has 0 radical (unpaired) electrons. The van der Waals surface area contributed by atoms with E-state index in [9.17, 15) is 9.59 Å². The van der Waals surface area contributed by atoms with Gasteiger partial charge in [0.05, 0.1) is 13.2 Å². The van der Waals surface area contributed by atoms with Crippen molar-refractivity contribution >= 4 is 11.9 Å². The molecular formula is C16H26O4. The predicted octanol–water partition coefficient (Wildman–Crippen LogP) is 3.40. The quantitative estimate of drug-likeness (QED) is 0.311. The smallest absolute Gasteiger partial charge is 0.345 e. The molecule has 1 fully saturated rings. The van der Waals surface area contributed by atoms with Gasteiger partial charge in [0.25, 0.3) is 0 Å². The van der Waals surface area contributed by atoms with E-state index in [1.807, 2.05) is 20.8 Å². The topological polar surface area (TPSA) is 52.6 Å². The van der Waals surface area contributed by atoms with Gasteiger partial charge in [0.1, 0.15) is 5.57 Å². The molecule has 114 valence electrons. The van der Waals surface area contributed by atoms with Crippen LogP contribution < -0.4 is 0 Å². The number of esters is 2. The summed E-state index contributed by atoms with van der Waals surface area (Å²) in [5.41, 5.74) is 0.962. The van der Waals surface area contributed by atoms with Gasteiger partial charge >= 0.3 is 11.9 Å². The maximum atomic E-state index is 12.1. The van der Waals surface area contributed by atoms with Crippen molar-refractivity contribution in [2.75, 3.05) is 13.2 Å². The number of allylic oxidation sites excluding steroid dienone is 1. The van der Waals surface area contributed by atoms with E-state index in [2.05, 4.69) is 0 Å². The van der Waals surface area contributed by atoms with Crippen LogP contribution in [-0.2, 0) is 19.1 Å². The van der Waals surface area contributed by atoms with Gasteiger partial charge in [-0.25, -0.2) is 9.59 Å². The molecule has 0 heterocycles. The summed E-state index contributed by atoms with van der Waals surface area (Å²) in [6.07, 6.45) is 5.87. The van der Waals surface area contributed by atoms with Gasteiger partial charge in [0, 0.05) is 0 Å². The Bertz CT molecular complexity index is 343. The van der Waals surface area contributed by atoms with Crippen molar-refractivity contribution in [2.45, 2.75) is 59.3 Å². The normalized spacial score (nSPS) is 14.9. The summed E-state index contributed by atoms with van der Waals surface area (Å²) in [6, 6.07) is 0. The van der Waals surface area contributed by atoms with E-state index in [0.29, 0.717) is 19.1 Å². The molecule has 0 unspecified atom stereocenters. The Balaban J connectivity index is 2.89. The average molecular weight is 282 g/mol. The van der Waals surface area contributed by atoms with Crippen LogP contribution >= 0.6 is 0 Å². The lowest BCUT2D eigenvalue weighted by Gasteiger charge is -2.15. The molecule has 4 nitrogen and oxygen atoms in total. The summed E-state index contributed by atoms with van der Waals surface area (Å²) >= 11 is 0. The minimum atomic E-state index is -0.530. The van der Waals surface area contributed by atoms with Crippen LogP contribution in [0.15, 0.2) is 11.1 Å². The van der Waals surface area contributed by atoms with Gasteiger partial charge in [-0.3, -0.25) is 0 Å². The number of rotatable bonds is 7.